The van der Waals surface area contributed by atoms with E-state index in [4.69, 9.17) is 0 Å². The Balaban J connectivity index is 2.05. The largest absolute Gasteiger partial charge is 0.221 e. The molecule has 0 aliphatic carbocycles. The lowest BCUT2D eigenvalue weighted by molar-refractivity contribution is 0.770. The van der Waals surface area contributed by atoms with Crippen molar-refractivity contribution in [2.75, 3.05) is 5.75 Å². The van der Waals surface area contributed by atoms with Gasteiger partial charge in [-0.15, -0.1) is 0 Å². The molecule has 1 aliphatic heterocycles. The van der Waals surface area contributed by atoms with E-state index in [1.165, 1.54) is 18.6 Å². The summed E-state index contributed by atoms with van der Waals surface area (Å²) in [5, 5.41) is 5.00. The first kappa shape index (κ1) is 8.29. The SMILES string of the molecule is c1ccn2nc(C3CCCS3)nc2c1. The predicted octanol–water partition coefficient (Wildman–Crippen LogP) is 2.30. The van der Waals surface area contributed by atoms with E-state index in [1.807, 2.05) is 40.7 Å². The first-order chi connectivity index (χ1) is 6.93. The molecule has 0 spiro atoms. The van der Waals surface area contributed by atoms with Gasteiger partial charge in [-0.2, -0.15) is 16.9 Å². The molecule has 1 atom stereocenters. The summed E-state index contributed by atoms with van der Waals surface area (Å²) >= 11 is 1.97. The Labute approximate surface area is 86.5 Å². The van der Waals surface area contributed by atoms with Crippen molar-refractivity contribution in [3.05, 3.63) is 30.2 Å². The molecular weight excluding hydrogens is 194 g/mol. The molecule has 0 bridgehead atoms. The first-order valence-electron chi connectivity index (χ1n) is 4.86. The fourth-order valence-corrected chi connectivity index (χ4v) is 2.97. The molecule has 3 nitrogen and oxygen atoms in total. The lowest BCUT2D eigenvalue weighted by atomic mass is 10.2. The normalized spacial score (nSPS) is 21.9. The van der Waals surface area contributed by atoms with Crippen LogP contribution < -0.4 is 0 Å². The number of aromatic nitrogens is 3. The topological polar surface area (TPSA) is 30.2 Å². The highest BCUT2D eigenvalue weighted by Gasteiger charge is 2.21. The van der Waals surface area contributed by atoms with Crippen LogP contribution in [0, 0.1) is 0 Å². The Morgan fingerprint density at radius 3 is 3.21 bits per heavy atom. The lowest BCUT2D eigenvalue weighted by Crippen LogP contribution is -1.92. The highest BCUT2D eigenvalue weighted by Crippen LogP contribution is 2.38. The van der Waals surface area contributed by atoms with Crippen molar-refractivity contribution >= 4 is 17.4 Å². The van der Waals surface area contributed by atoms with Crippen molar-refractivity contribution in [1.82, 2.24) is 14.6 Å². The van der Waals surface area contributed by atoms with Crippen LogP contribution in [0.15, 0.2) is 24.4 Å². The number of rotatable bonds is 1. The first-order valence-corrected chi connectivity index (χ1v) is 5.91. The molecule has 0 saturated carbocycles. The summed E-state index contributed by atoms with van der Waals surface area (Å²) in [6.45, 7) is 0. The van der Waals surface area contributed by atoms with Crippen molar-refractivity contribution < 1.29 is 0 Å². The molecule has 72 valence electrons. The molecule has 4 heteroatoms. The van der Waals surface area contributed by atoms with Crippen LogP contribution in [0.1, 0.15) is 23.9 Å². The number of pyridine rings is 1. The summed E-state index contributed by atoms with van der Waals surface area (Å²) in [7, 11) is 0. The van der Waals surface area contributed by atoms with Gasteiger partial charge in [0.15, 0.2) is 11.5 Å². The van der Waals surface area contributed by atoms with Crippen LogP contribution in [0.25, 0.3) is 5.65 Å². The van der Waals surface area contributed by atoms with Crippen LogP contribution in [0.4, 0.5) is 0 Å². The molecule has 1 unspecified atom stereocenters. The Hall–Kier alpha value is -1.03. The molecule has 1 fully saturated rings. The van der Waals surface area contributed by atoms with E-state index in [0.717, 1.165) is 11.5 Å². The standard InChI is InChI=1S/C10H11N3S/c1-2-6-13-9(5-1)11-10(12-13)8-4-3-7-14-8/h1-2,5-6,8H,3-4,7H2. The molecular formula is C10H11N3S. The molecule has 1 aliphatic rings. The summed E-state index contributed by atoms with van der Waals surface area (Å²) in [4.78, 5) is 4.53. The summed E-state index contributed by atoms with van der Waals surface area (Å²) < 4.78 is 1.86. The van der Waals surface area contributed by atoms with E-state index in [0.29, 0.717) is 5.25 Å². The minimum absolute atomic E-state index is 0.523. The number of hydrogen-bond donors (Lipinski definition) is 0. The van der Waals surface area contributed by atoms with Crippen molar-refractivity contribution in [1.29, 1.82) is 0 Å². The van der Waals surface area contributed by atoms with Gasteiger partial charge in [-0.3, -0.25) is 0 Å². The van der Waals surface area contributed by atoms with Gasteiger partial charge in [0.2, 0.25) is 0 Å². The fraction of sp³-hybridized carbons (Fsp3) is 0.400. The average molecular weight is 205 g/mol. The van der Waals surface area contributed by atoms with Gasteiger partial charge in [0.25, 0.3) is 0 Å². The minimum Gasteiger partial charge on any atom is -0.221 e. The Morgan fingerprint density at radius 2 is 2.43 bits per heavy atom. The molecule has 2 aromatic heterocycles. The highest BCUT2D eigenvalue weighted by atomic mass is 32.2. The van der Waals surface area contributed by atoms with Gasteiger partial charge in [0.1, 0.15) is 0 Å². The summed E-state index contributed by atoms with van der Waals surface area (Å²) in [5.74, 6) is 2.25. The third-order valence-corrected chi connectivity index (χ3v) is 3.85. The molecule has 0 radical (unpaired) electrons. The fourth-order valence-electron chi connectivity index (χ4n) is 1.77. The highest BCUT2D eigenvalue weighted by molar-refractivity contribution is 7.99. The molecule has 3 rings (SSSR count). The van der Waals surface area contributed by atoms with Crippen LogP contribution in [-0.4, -0.2) is 20.4 Å². The van der Waals surface area contributed by atoms with Gasteiger partial charge in [-0.1, -0.05) is 6.07 Å². The van der Waals surface area contributed by atoms with E-state index in [1.54, 1.807) is 0 Å². The summed E-state index contributed by atoms with van der Waals surface area (Å²) in [5.41, 5.74) is 0.954. The Kier molecular flexibility index (Phi) is 1.94. The van der Waals surface area contributed by atoms with Gasteiger partial charge in [-0.05, 0) is 30.7 Å². The number of nitrogens with zero attached hydrogens (tertiary/aromatic N) is 3. The van der Waals surface area contributed by atoms with Crippen molar-refractivity contribution in [3.8, 4) is 0 Å². The van der Waals surface area contributed by atoms with Gasteiger partial charge in [0, 0.05) is 6.20 Å². The molecule has 0 amide bonds. The smallest absolute Gasteiger partial charge is 0.164 e. The van der Waals surface area contributed by atoms with Crippen molar-refractivity contribution in [3.63, 3.8) is 0 Å². The van der Waals surface area contributed by atoms with E-state index in [9.17, 15) is 0 Å². The van der Waals surface area contributed by atoms with Crippen LogP contribution in [0.2, 0.25) is 0 Å². The van der Waals surface area contributed by atoms with Gasteiger partial charge < -0.3 is 0 Å². The molecule has 0 aromatic carbocycles. The maximum atomic E-state index is 4.53. The minimum atomic E-state index is 0.523. The summed E-state index contributed by atoms with van der Waals surface area (Å²) in [6, 6.07) is 5.97. The van der Waals surface area contributed by atoms with Gasteiger partial charge in [-0.25, -0.2) is 9.50 Å². The van der Waals surface area contributed by atoms with Crippen LogP contribution in [-0.2, 0) is 0 Å². The molecule has 1 saturated heterocycles. The molecule has 2 aromatic rings. The second-order valence-electron chi connectivity index (χ2n) is 3.48. The zero-order valence-electron chi connectivity index (χ0n) is 7.76. The maximum absolute atomic E-state index is 4.53. The monoisotopic (exact) mass is 205 g/mol. The van der Waals surface area contributed by atoms with E-state index < -0.39 is 0 Å². The maximum Gasteiger partial charge on any atom is 0.164 e. The number of fused-ring (bicyclic) bond motifs is 1. The molecule has 3 heterocycles. The third kappa shape index (κ3) is 1.30. The van der Waals surface area contributed by atoms with E-state index in [-0.39, 0.29) is 0 Å². The predicted molar refractivity (Wildman–Crippen MR) is 57.4 cm³/mol. The molecule has 0 N–H and O–H groups in total. The zero-order chi connectivity index (χ0) is 9.38. The van der Waals surface area contributed by atoms with Gasteiger partial charge >= 0.3 is 0 Å². The van der Waals surface area contributed by atoms with Gasteiger partial charge in [0.05, 0.1) is 5.25 Å². The van der Waals surface area contributed by atoms with E-state index >= 15 is 0 Å². The van der Waals surface area contributed by atoms with E-state index in [2.05, 4.69) is 10.1 Å². The van der Waals surface area contributed by atoms with Crippen LogP contribution in [0.5, 0.6) is 0 Å². The third-order valence-electron chi connectivity index (χ3n) is 2.48. The Bertz CT molecular complexity index is 412. The second kappa shape index (κ2) is 3.28. The van der Waals surface area contributed by atoms with Crippen LogP contribution in [0.3, 0.4) is 0 Å². The zero-order valence-corrected chi connectivity index (χ0v) is 8.57. The second-order valence-corrected chi connectivity index (χ2v) is 4.79. The Morgan fingerprint density at radius 1 is 1.43 bits per heavy atom. The number of thioether (sulfide) groups is 1. The number of hydrogen-bond acceptors (Lipinski definition) is 3. The van der Waals surface area contributed by atoms with Crippen LogP contribution >= 0.6 is 11.8 Å². The molecule has 14 heavy (non-hydrogen) atoms. The quantitative estimate of drug-likeness (QED) is 0.715. The lowest BCUT2D eigenvalue weighted by Gasteiger charge is -1.99. The van der Waals surface area contributed by atoms with Crippen molar-refractivity contribution in [2.45, 2.75) is 18.1 Å². The van der Waals surface area contributed by atoms with Crippen molar-refractivity contribution in [2.24, 2.45) is 0 Å². The summed E-state index contributed by atoms with van der Waals surface area (Å²) in [6.07, 6.45) is 4.47. The average Bonchev–Trinajstić information content (AvgIpc) is 2.86.